The molecule has 0 aliphatic carbocycles. The molecule has 4 aromatic rings. The van der Waals surface area contributed by atoms with E-state index < -0.39 is 0 Å². The van der Waals surface area contributed by atoms with E-state index in [1.165, 1.54) is 11.1 Å². The fourth-order valence-electron chi connectivity index (χ4n) is 5.03. The number of hydrogen-bond donors (Lipinski definition) is 2. The van der Waals surface area contributed by atoms with Crippen molar-refractivity contribution >= 4 is 23.6 Å². The summed E-state index contributed by atoms with van der Waals surface area (Å²) in [4.78, 5) is 11.7. The Bertz CT molecular complexity index is 1670. The molecular weight excluding hydrogens is 562 g/mol. The van der Waals surface area contributed by atoms with Crippen molar-refractivity contribution in [2.75, 3.05) is 32.3 Å². The van der Waals surface area contributed by atoms with Gasteiger partial charge in [0, 0.05) is 44.2 Å². The molecule has 0 radical (unpaired) electrons. The van der Waals surface area contributed by atoms with Gasteiger partial charge in [-0.3, -0.25) is 10.4 Å². The maximum Gasteiger partial charge on any atom is 0.202 e. The molecule has 0 saturated heterocycles. The lowest BCUT2D eigenvalue weighted by molar-refractivity contribution is -0.0886. The quantitative estimate of drug-likeness (QED) is 0.120. The number of nitrogens with zero attached hydrogens (tertiary/aromatic N) is 5. The molecule has 9 heteroatoms. The summed E-state index contributed by atoms with van der Waals surface area (Å²) in [6.07, 6.45) is 2.46. The van der Waals surface area contributed by atoms with Gasteiger partial charge in [-0.15, -0.1) is 5.10 Å². The zero-order chi connectivity index (χ0) is 32.9. The highest BCUT2D eigenvalue weighted by molar-refractivity contribution is 5.52. The first-order valence-electron chi connectivity index (χ1n) is 16.2. The van der Waals surface area contributed by atoms with Gasteiger partial charge in [-0.2, -0.15) is 4.63 Å². The summed E-state index contributed by atoms with van der Waals surface area (Å²) in [5.41, 5.74) is 5.28. The van der Waals surface area contributed by atoms with E-state index in [2.05, 4.69) is 101 Å². The first kappa shape index (κ1) is 34.2. The number of nitrogens with one attached hydrogen (secondary N) is 2. The highest BCUT2D eigenvalue weighted by atomic mass is 16.7. The van der Waals surface area contributed by atoms with Crippen molar-refractivity contribution in [2.24, 2.45) is 4.99 Å². The number of H-pyrrole nitrogens is 1. The van der Waals surface area contributed by atoms with E-state index in [1.54, 1.807) is 4.63 Å². The van der Waals surface area contributed by atoms with Gasteiger partial charge in [-0.25, -0.2) is 9.98 Å². The van der Waals surface area contributed by atoms with Crippen LogP contribution in [0.4, 0.5) is 11.4 Å². The van der Waals surface area contributed by atoms with E-state index in [9.17, 15) is 0 Å². The van der Waals surface area contributed by atoms with Crippen LogP contribution in [0.15, 0.2) is 47.5 Å². The fourth-order valence-corrected chi connectivity index (χ4v) is 5.03. The molecule has 0 saturated carbocycles. The number of fused-ring (bicyclic) bond motifs is 1. The Morgan fingerprint density at radius 3 is 2.33 bits per heavy atom. The molecule has 9 nitrogen and oxygen atoms in total. The van der Waals surface area contributed by atoms with E-state index >= 15 is 0 Å². The van der Waals surface area contributed by atoms with Gasteiger partial charge in [0.15, 0.2) is 5.82 Å². The summed E-state index contributed by atoms with van der Waals surface area (Å²) in [6.45, 7) is 22.9. The Balaban J connectivity index is 1.39. The largest absolute Gasteiger partial charge is 0.465 e. The molecule has 244 valence electrons. The Morgan fingerprint density at radius 1 is 1.02 bits per heavy atom. The number of aromatic amines is 1. The zero-order valence-electron chi connectivity index (χ0n) is 29.0. The van der Waals surface area contributed by atoms with Crippen molar-refractivity contribution in [3.05, 3.63) is 70.1 Å². The first-order chi connectivity index (χ1) is 21.3. The van der Waals surface area contributed by atoms with Crippen LogP contribution in [0.2, 0.25) is 0 Å². The summed E-state index contributed by atoms with van der Waals surface area (Å²) >= 11 is 0. The zero-order valence-corrected chi connectivity index (χ0v) is 29.0. The van der Waals surface area contributed by atoms with Crippen LogP contribution in [0, 0.1) is 0 Å². The summed E-state index contributed by atoms with van der Waals surface area (Å²) in [5, 5.41) is 12.6. The minimum absolute atomic E-state index is 0.0124. The highest BCUT2D eigenvalue weighted by Gasteiger charge is 2.27. The molecule has 0 aliphatic heterocycles. The topological polar surface area (TPSA) is 92.1 Å². The number of benzene rings is 2. The Kier molecular flexibility index (Phi) is 10.8. The van der Waals surface area contributed by atoms with Crippen LogP contribution in [-0.4, -0.2) is 53.5 Å². The minimum Gasteiger partial charge on any atom is -0.465 e. The average Bonchev–Trinajstić information content (AvgIpc) is 3.56. The second kappa shape index (κ2) is 14.2. The molecule has 2 N–H and O–H groups in total. The molecule has 0 spiro atoms. The van der Waals surface area contributed by atoms with Crippen molar-refractivity contribution in [2.45, 2.75) is 97.7 Å². The second-order valence-electron chi connectivity index (χ2n) is 13.5. The average molecular weight is 616 g/mol. The number of hydrogen-bond acceptors (Lipinski definition) is 7. The van der Waals surface area contributed by atoms with Crippen LogP contribution < -0.4 is 25.7 Å². The number of anilines is 1. The smallest absolute Gasteiger partial charge is 0.202 e. The Labute approximate surface area is 268 Å². The van der Waals surface area contributed by atoms with Crippen molar-refractivity contribution in [1.82, 2.24) is 25.1 Å². The van der Waals surface area contributed by atoms with Crippen LogP contribution >= 0.6 is 0 Å². The monoisotopic (exact) mass is 615 g/mol. The fraction of sp³-hybridized carbons (Fsp3) is 0.528. The van der Waals surface area contributed by atoms with Crippen molar-refractivity contribution in [1.29, 1.82) is 0 Å². The van der Waals surface area contributed by atoms with Crippen LogP contribution in [-0.2, 0) is 15.6 Å². The number of rotatable bonds is 15. The van der Waals surface area contributed by atoms with Gasteiger partial charge in [-0.05, 0) is 59.6 Å². The normalized spacial score (nSPS) is 14.2. The minimum atomic E-state index is -0.362. The molecule has 0 bridgehead atoms. The van der Waals surface area contributed by atoms with Gasteiger partial charge in [0.25, 0.3) is 0 Å². The maximum absolute atomic E-state index is 6.48. The molecule has 2 heterocycles. The lowest BCUT2D eigenvalue weighted by atomic mass is 9.76. The van der Waals surface area contributed by atoms with Gasteiger partial charge in [0.2, 0.25) is 11.9 Å². The van der Waals surface area contributed by atoms with Crippen molar-refractivity contribution < 1.29 is 9.47 Å². The van der Waals surface area contributed by atoms with Gasteiger partial charge in [0.1, 0.15) is 17.8 Å². The summed E-state index contributed by atoms with van der Waals surface area (Å²) in [6, 6.07) is 14.7. The van der Waals surface area contributed by atoms with Gasteiger partial charge in [-0.1, -0.05) is 74.1 Å². The molecule has 2 unspecified atom stereocenters. The highest BCUT2D eigenvalue weighted by Crippen LogP contribution is 2.39. The summed E-state index contributed by atoms with van der Waals surface area (Å²) in [7, 11) is 4.03. The standard InChI is InChI=1S/C36H53N7O2/c1-12-31(45-30-20-15-26(35(6,7)13-2)21-29(30)36(8,9)14-3)44-23-37-22-24(4)33-39-34-32(25(5)40-43(34)41-33)38-27-16-18-28(19-17-27)42(10)11/h15-21,24,31,37,40H,5,12-14,22-23H2,1-4,6-11H3. The van der Waals surface area contributed by atoms with Gasteiger partial charge >= 0.3 is 0 Å². The molecule has 4 rings (SSSR count). The SMILES string of the molecule is C=c1[nH]n2nc(C(C)CNCOC(CC)Oc3ccc(C(C)(C)CC)cc3C(C)(C)CC)nc2c1=Nc1ccc(N(C)C)cc1. The van der Waals surface area contributed by atoms with Gasteiger partial charge in [0.05, 0.1) is 11.0 Å². The molecular formula is C36H53N7O2. The Hall–Kier alpha value is -3.69. The van der Waals surface area contributed by atoms with E-state index in [0.29, 0.717) is 29.6 Å². The van der Waals surface area contributed by atoms with Gasteiger partial charge < -0.3 is 14.4 Å². The number of ether oxygens (including phenoxy) is 2. The molecule has 0 aliphatic rings. The first-order valence-corrected chi connectivity index (χ1v) is 16.2. The third kappa shape index (κ3) is 7.94. The Morgan fingerprint density at radius 2 is 1.71 bits per heavy atom. The predicted molar refractivity (Wildman–Crippen MR) is 184 cm³/mol. The van der Waals surface area contributed by atoms with Crippen molar-refractivity contribution in [3.8, 4) is 5.75 Å². The van der Waals surface area contributed by atoms with Crippen LogP contribution in [0.5, 0.6) is 5.75 Å². The van der Waals surface area contributed by atoms with Crippen LogP contribution in [0.25, 0.3) is 12.2 Å². The van der Waals surface area contributed by atoms with E-state index in [-0.39, 0.29) is 23.0 Å². The van der Waals surface area contributed by atoms with Crippen molar-refractivity contribution in [3.63, 3.8) is 0 Å². The van der Waals surface area contributed by atoms with Crippen LogP contribution in [0.3, 0.4) is 0 Å². The summed E-state index contributed by atoms with van der Waals surface area (Å²) in [5.74, 6) is 1.67. The van der Waals surface area contributed by atoms with E-state index in [0.717, 1.165) is 42.2 Å². The molecule has 2 aromatic heterocycles. The molecule has 2 atom stereocenters. The summed E-state index contributed by atoms with van der Waals surface area (Å²) < 4.78 is 14.3. The van der Waals surface area contributed by atoms with E-state index in [1.807, 2.05) is 38.4 Å². The number of aromatic nitrogens is 4. The lowest BCUT2D eigenvalue weighted by Crippen LogP contribution is -2.30. The maximum atomic E-state index is 6.48. The molecule has 2 aromatic carbocycles. The van der Waals surface area contributed by atoms with Crippen LogP contribution in [0.1, 0.15) is 97.5 Å². The third-order valence-corrected chi connectivity index (χ3v) is 9.08. The molecule has 0 amide bonds. The third-order valence-electron chi connectivity index (χ3n) is 9.08. The lowest BCUT2D eigenvalue weighted by Gasteiger charge is -2.31. The second-order valence-corrected chi connectivity index (χ2v) is 13.5. The molecule has 45 heavy (non-hydrogen) atoms. The van der Waals surface area contributed by atoms with E-state index in [4.69, 9.17) is 19.5 Å². The predicted octanol–water partition coefficient (Wildman–Crippen LogP) is 6.34. The molecule has 0 fully saturated rings.